The first-order valence-corrected chi connectivity index (χ1v) is 9.10. The molecule has 1 amide bonds. The summed E-state index contributed by atoms with van der Waals surface area (Å²) in [4.78, 5) is 25.8. The largest absolute Gasteiger partial charge is 0.345 e. The summed E-state index contributed by atoms with van der Waals surface area (Å²) in [6.07, 6.45) is 1.66. The van der Waals surface area contributed by atoms with E-state index in [-0.39, 0.29) is 5.91 Å². The fourth-order valence-corrected chi connectivity index (χ4v) is 4.09. The zero-order valence-electron chi connectivity index (χ0n) is 13.6. The molecule has 4 rings (SSSR count). The lowest BCUT2D eigenvalue weighted by Crippen LogP contribution is -2.49. The number of benzene rings is 1. The smallest absolute Gasteiger partial charge is 0.254 e. The molecule has 1 atom stereocenters. The summed E-state index contributed by atoms with van der Waals surface area (Å²) >= 11 is 1.80. The van der Waals surface area contributed by atoms with Crippen molar-refractivity contribution in [1.82, 2.24) is 19.8 Å². The molecule has 0 aliphatic carbocycles. The minimum absolute atomic E-state index is 0.106. The molecule has 1 aliphatic rings. The Hall–Kier alpha value is -2.18. The van der Waals surface area contributed by atoms with Gasteiger partial charge in [0.1, 0.15) is 0 Å². The van der Waals surface area contributed by atoms with Crippen molar-refractivity contribution in [2.45, 2.75) is 13.0 Å². The molecule has 1 aromatic carbocycles. The number of imidazole rings is 1. The number of rotatable bonds is 3. The van der Waals surface area contributed by atoms with Gasteiger partial charge in [-0.25, -0.2) is 4.98 Å². The Labute approximate surface area is 144 Å². The molecule has 1 N–H and O–H groups in total. The number of aromatic nitrogens is 2. The van der Waals surface area contributed by atoms with E-state index in [1.54, 1.807) is 17.7 Å². The van der Waals surface area contributed by atoms with Crippen molar-refractivity contribution in [3.05, 3.63) is 52.5 Å². The molecule has 0 bridgehead atoms. The number of hydrogen-bond donors (Lipinski definition) is 1. The van der Waals surface area contributed by atoms with E-state index in [0.717, 1.165) is 42.8 Å². The molecule has 0 spiro atoms. The highest BCUT2D eigenvalue weighted by atomic mass is 32.1. The number of piperazine rings is 1. The lowest BCUT2D eigenvalue weighted by atomic mass is 10.1. The van der Waals surface area contributed by atoms with E-state index in [1.807, 2.05) is 23.1 Å². The number of amides is 1. The minimum atomic E-state index is 0.106. The second-order valence-corrected chi connectivity index (χ2v) is 7.13. The van der Waals surface area contributed by atoms with Crippen LogP contribution in [-0.4, -0.2) is 51.9 Å². The highest BCUT2D eigenvalue weighted by molar-refractivity contribution is 7.10. The molecule has 124 valence electrons. The summed E-state index contributed by atoms with van der Waals surface area (Å²) < 4.78 is 0. The molecular formula is C18H20N4OS. The van der Waals surface area contributed by atoms with Gasteiger partial charge in [-0.1, -0.05) is 6.07 Å². The zero-order chi connectivity index (χ0) is 16.5. The topological polar surface area (TPSA) is 52.2 Å². The summed E-state index contributed by atoms with van der Waals surface area (Å²) in [5, 5.41) is 2.12. The van der Waals surface area contributed by atoms with Crippen LogP contribution in [0.3, 0.4) is 0 Å². The Bertz CT molecular complexity index is 834. The van der Waals surface area contributed by atoms with Gasteiger partial charge in [0.05, 0.1) is 17.4 Å². The number of fused-ring (bicyclic) bond motifs is 1. The van der Waals surface area contributed by atoms with Gasteiger partial charge in [-0.05, 0) is 36.6 Å². The number of aromatic amines is 1. The second-order valence-electron chi connectivity index (χ2n) is 6.15. The van der Waals surface area contributed by atoms with Gasteiger partial charge in [0, 0.05) is 42.7 Å². The normalized spacial score (nSPS) is 17.3. The molecule has 6 heteroatoms. The fourth-order valence-electron chi connectivity index (χ4n) is 3.27. The number of carbonyl (C=O) groups is 1. The molecule has 1 unspecified atom stereocenters. The summed E-state index contributed by atoms with van der Waals surface area (Å²) in [5.74, 6) is 0.106. The van der Waals surface area contributed by atoms with Crippen LogP contribution in [0.5, 0.6) is 0 Å². The first-order chi connectivity index (χ1) is 11.7. The van der Waals surface area contributed by atoms with Crippen molar-refractivity contribution in [2.24, 2.45) is 0 Å². The third kappa shape index (κ3) is 2.83. The number of nitrogens with one attached hydrogen (secondary N) is 1. The van der Waals surface area contributed by atoms with E-state index in [4.69, 9.17) is 0 Å². The fraction of sp³-hybridized carbons (Fsp3) is 0.333. The van der Waals surface area contributed by atoms with Gasteiger partial charge in [0.25, 0.3) is 5.91 Å². The van der Waals surface area contributed by atoms with Crippen molar-refractivity contribution in [3.8, 4) is 0 Å². The number of nitrogens with zero attached hydrogens (tertiary/aromatic N) is 3. The number of carbonyl (C=O) groups excluding carboxylic acids is 1. The van der Waals surface area contributed by atoms with Crippen LogP contribution >= 0.6 is 11.3 Å². The first-order valence-electron chi connectivity index (χ1n) is 8.22. The van der Waals surface area contributed by atoms with Crippen LogP contribution in [-0.2, 0) is 0 Å². The molecule has 3 heterocycles. The van der Waals surface area contributed by atoms with E-state index in [2.05, 4.69) is 39.3 Å². The summed E-state index contributed by atoms with van der Waals surface area (Å²) in [6, 6.07) is 10.4. The highest BCUT2D eigenvalue weighted by Crippen LogP contribution is 2.25. The van der Waals surface area contributed by atoms with Crippen molar-refractivity contribution in [2.75, 3.05) is 26.2 Å². The third-order valence-electron chi connectivity index (χ3n) is 4.77. The van der Waals surface area contributed by atoms with Crippen LogP contribution in [0.2, 0.25) is 0 Å². The Morgan fingerprint density at radius 1 is 1.25 bits per heavy atom. The Kier molecular flexibility index (Phi) is 4.08. The standard InChI is InChI=1S/C18H20N4OS/c1-13(17-3-2-10-24-17)21-6-8-22(9-7-21)18(23)14-4-5-15-16(11-14)20-12-19-15/h2-5,10-13H,6-9H2,1H3,(H,19,20). The van der Waals surface area contributed by atoms with Crippen molar-refractivity contribution >= 4 is 28.3 Å². The summed E-state index contributed by atoms with van der Waals surface area (Å²) in [5.41, 5.74) is 2.53. The highest BCUT2D eigenvalue weighted by Gasteiger charge is 2.25. The summed E-state index contributed by atoms with van der Waals surface area (Å²) in [6.45, 7) is 5.62. The predicted octanol–water partition coefficient (Wildman–Crippen LogP) is 3.14. The second kappa shape index (κ2) is 6.37. The van der Waals surface area contributed by atoms with Gasteiger partial charge in [-0.15, -0.1) is 11.3 Å². The van der Waals surface area contributed by atoms with Crippen LogP contribution < -0.4 is 0 Å². The van der Waals surface area contributed by atoms with E-state index in [0.29, 0.717) is 6.04 Å². The number of hydrogen-bond acceptors (Lipinski definition) is 4. The van der Waals surface area contributed by atoms with E-state index in [1.165, 1.54) is 4.88 Å². The molecule has 3 aromatic rings. The lowest BCUT2D eigenvalue weighted by Gasteiger charge is -2.37. The molecule has 0 saturated carbocycles. The monoisotopic (exact) mass is 340 g/mol. The Morgan fingerprint density at radius 3 is 2.83 bits per heavy atom. The molecule has 1 fully saturated rings. The average molecular weight is 340 g/mol. The van der Waals surface area contributed by atoms with Crippen molar-refractivity contribution in [3.63, 3.8) is 0 Å². The quantitative estimate of drug-likeness (QED) is 0.797. The Morgan fingerprint density at radius 2 is 2.08 bits per heavy atom. The van der Waals surface area contributed by atoms with Gasteiger partial charge in [-0.2, -0.15) is 0 Å². The third-order valence-corrected chi connectivity index (χ3v) is 5.81. The van der Waals surface area contributed by atoms with E-state index in [9.17, 15) is 4.79 Å². The van der Waals surface area contributed by atoms with Crippen LogP contribution in [0.1, 0.15) is 28.2 Å². The zero-order valence-corrected chi connectivity index (χ0v) is 14.4. The van der Waals surface area contributed by atoms with E-state index < -0.39 is 0 Å². The maximum Gasteiger partial charge on any atom is 0.254 e. The van der Waals surface area contributed by atoms with Gasteiger partial charge in [0.2, 0.25) is 0 Å². The van der Waals surface area contributed by atoms with Gasteiger partial charge in [-0.3, -0.25) is 9.69 Å². The van der Waals surface area contributed by atoms with Crippen LogP contribution in [0.25, 0.3) is 11.0 Å². The predicted molar refractivity (Wildman–Crippen MR) is 96.3 cm³/mol. The molecule has 1 saturated heterocycles. The SMILES string of the molecule is CC(c1cccs1)N1CCN(C(=O)c2ccc3nc[nH]c3c2)CC1. The minimum Gasteiger partial charge on any atom is -0.345 e. The number of H-pyrrole nitrogens is 1. The van der Waals surface area contributed by atoms with E-state index >= 15 is 0 Å². The van der Waals surface area contributed by atoms with Crippen molar-refractivity contribution in [1.29, 1.82) is 0 Å². The lowest BCUT2D eigenvalue weighted by molar-refractivity contribution is 0.0585. The van der Waals surface area contributed by atoms with Crippen LogP contribution in [0, 0.1) is 0 Å². The molecular weight excluding hydrogens is 320 g/mol. The average Bonchev–Trinajstić information content (AvgIpc) is 3.31. The summed E-state index contributed by atoms with van der Waals surface area (Å²) in [7, 11) is 0. The molecule has 0 radical (unpaired) electrons. The maximum atomic E-state index is 12.7. The van der Waals surface area contributed by atoms with Crippen LogP contribution in [0.4, 0.5) is 0 Å². The molecule has 2 aromatic heterocycles. The first kappa shape index (κ1) is 15.4. The van der Waals surface area contributed by atoms with Crippen molar-refractivity contribution < 1.29 is 4.79 Å². The van der Waals surface area contributed by atoms with Crippen LogP contribution in [0.15, 0.2) is 42.0 Å². The van der Waals surface area contributed by atoms with Gasteiger partial charge >= 0.3 is 0 Å². The van der Waals surface area contributed by atoms with Gasteiger partial charge < -0.3 is 9.88 Å². The molecule has 1 aliphatic heterocycles. The number of thiophene rings is 1. The molecule has 24 heavy (non-hydrogen) atoms. The maximum absolute atomic E-state index is 12.7. The van der Waals surface area contributed by atoms with Gasteiger partial charge in [0.15, 0.2) is 0 Å². The molecule has 5 nitrogen and oxygen atoms in total. The Balaban J connectivity index is 1.42.